The van der Waals surface area contributed by atoms with E-state index in [9.17, 15) is 13.2 Å². The second-order valence-corrected chi connectivity index (χ2v) is 6.57. The van der Waals surface area contributed by atoms with Gasteiger partial charge in [-0.1, -0.05) is 0 Å². The van der Waals surface area contributed by atoms with Crippen molar-refractivity contribution in [3.63, 3.8) is 0 Å². The molecule has 0 bridgehead atoms. The highest BCUT2D eigenvalue weighted by Crippen LogP contribution is 2.31. The molecule has 1 saturated carbocycles. The second kappa shape index (κ2) is 4.93. The summed E-state index contributed by atoms with van der Waals surface area (Å²) < 4.78 is 27.8. The number of hydrogen-bond acceptors (Lipinski definition) is 4. The molecule has 0 aliphatic heterocycles. The summed E-state index contributed by atoms with van der Waals surface area (Å²) in [6.45, 7) is 1.72. The molecule has 2 rings (SSSR count). The van der Waals surface area contributed by atoms with Gasteiger partial charge in [-0.2, -0.15) is 4.31 Å². The molecule has 0 saturated heterocycles. The van der Waals surface area contributed by atoms with E-state index in [0.717, 1.165) is 12.8 Å². The standard InChI is InChI=1S/C11H17N3O4S/c1-8-12-10(7-13(8)2)19(17,18)14(9-3-4-9)6-5-11(15)16/h7,9H,3-6H2,1-2H3,(H,15,16). The van der Waals surface area contributed by atoms with Crippen LogP contribution in [0.4, 0.5) is 0 Å². The van der Waals surface area contributed by atoms with E-state index in [4.69, 9.17) is 5.11 Å². The van der Waals surface area contributed by atoms with Crippen LogP contribution in [0.25, 0.3) is 0 Å². The Kier molecular flexibility index (Phi) is 3.64. The van der Waals surface area contributed by atoms with Crippen LogP contribution in [0.15, 0.2) is 11.2 Å². The Balaban J connectivity index is 2.26. The first-order chi connectivity index (χ1) is 8.82. The lowest BCUT2D eigenvalue weighted by Crippen LogP contribution is -2.35. The number of hydrogen-bond donors (Lipinski definition) is 1. The van der Waals surface area contributed by atoms with E-state index in [0.29, 0.717) is 5.82 Å². The van der Waals surface area contributed by atoms with Gasteiger partial charge in [-0.15, -0.1) is 0 Å². The summed E-state index contributed by atoms with van der Waals surface area (Å²) in [7, 11) is -1.97. The van der Waals surface area contributed by atoms with Crippen LogP contribution in [0.2, 0.25) is 0 Å². The molecule has 7 nitrogen and oxygen atoms in total. The maximum absolute atomic E-state index is 12.4. The van der Waals surface area contributed by atoms with E-state index in [2.05, 4.69) is 4.98 Å². The molecule has 0 amide bonds. The highest BCUT2D eigenvalue weighted by Gasteiger charge is 2.39. The van der Waals surface area contributed by atoms with Gasteiger partial charge in [0.1, 0.15) is 5.82 Å². The normalized spacial score (nSPS) is 15.9. The van der Waals surface area contributed by atoms with Crippen LogP contribution < -0.4 is 0 Å². The highest BCUT2D eigenvalue weighted by molar-refractivity contribution is 7.89. The summed E-state index contributed by atoms with van der Waals surface area (Å²) in [5.74, 6) is -0.398. The van der Waals surface area contributed by atoms with Gasteiger partial charge in [0.15, 0.2) is 5.03 Å². The van der Waals surface area contributed by atoms with Crippen molar-refractivity contribution < 1.29 is 18.3 Å². The van der Waals surface area contributed by atoms with Crippen molar-refractivity contribution in [1.82, 2.24) is 13.9 Å². The average molecular weight is 287 g/mol. The predicted molar refractivity (Wildman–Crippen MR) is 67.1 cm³/mol. The minimum absolute atomic E-state index is 0.00203. The van der Waals surface area contributed by atoms with E-state index >= 15 is 0 Å². The van der Waals surface area contributed by atoms with Crippen molar-refractivity contribution in [3.05, 3.63) is 12.0 Å². The molecule has 1 aromatic heterocycles. The lowest BCUT2D eigenvalue weighted by atomic mass is 10.4. The number of aliphatic carboxylic acids is 1. The Morgan fingerprint density at radius 2 is 2.21 bits per heavy atom. The number of carbonyl (C=O) groups is 1. The minimum Gasteiger partial charge on any atom is -0.481 e. The number of nitrogens with zero attached hydrogens (tertiary/aromatic N) is 3. The average Bonchev–Trinajstić information content (AvgIpc) is 3.06. The summed E-state index contributed by atoms with van der Waals surface area (Å²) in [4.78, 5) is 14.7. The van der Waals surface area contributed by atoms with E-state index in [1.165, 1.54) is 10.5 Å². The van der Waals surface area contributed by atoms with Gasteiger partial charge >= 0.3 is 5.97 Å². The number of sulfonamides is 1. The molecule has 1 aliphatic carbocycles. The lowest BCUT2D eigenvalue weighted by Gasteiger charge is -2.19. The van der Waals surface area contributed by atoms with Gasteiger partial charge in [0.2, 0.25) is 0 Å². The third-order valence-electron chi connectivity index (χ3n) is 3.16. The molecule has 1 aliphatic rings. The molecule has 0 spiro atoms. The molecule has 1 heterocycles. The molecule has 0 atom stereocenters. The van der Waals surface area contributed by atoms with Gasteiger partial charge in [0.25, 0.3) is 10.0 Å². The molecule has 1 N–H and O–H groups in total. The fraction of sp³-hybridized carbons (Fsp3) is 0.636. The Hall–Kier alpha value is -1.41. The van der Waals surface area contributed by atoms with Crippen molar-refractivity contribution >= 4 is 16.0 Å². The third-order valence-corrected chi connectivity index (χ3v) is 4.98. The Morgan fingerprint density at radius 1 is 1.58 bits per heavy atom. The number of rotatable bonds is 6. The molecule has 0 aromatic carbocycles. The van der Waals surface area contributed by atoms with Crippen LogP contribution in [-0.2, 0) is 21.9 Å². The first-order valence-electron chi connectivity index (χ1n) is 6.06. The van der Waals surface area contributed by atoms with Crippen LogP contribution in [0, 0.1) is 6.92 Å². The fourth-order valence-electron chi connectivity index (χ4n) is 1.84. The Bertz CT molecular complexity index is 570. The van der Waals surface area contributed by atoms with E-state index in [1.54, 1.807) is 18.5 Å². The topological polar surface area (TPSA) is 92.5 Å². The first-order valence-corrected chi connectivity index (χ1v) is 7.50. The summed E-state index contributed by atoms with van der Waals surface area (Å²) in [5.41, 5.74) is 0. The fourth-order valence-corrected chi connectivity index (χ4v) is 3.55. The molecule has 8 heteroatoms. The Labute approximate surface area is 111 Å². The number of imidazole rings is 1. The van der Waals surface area contributed by atoms with Crippen LogP contribution >= 0.6 is 0 Å². The summed E-state index contributed by atoms with van der Waals surface area (Å²) in [6.07, 6.45) is 2.83. The number of carboxylic acids is 1. The number of aromatic nitrogens is 2. The Morgan fingerprint density at radius 3 is 2.63 bits per heavy atom. The van der Waals surface area contributed by atoms with Gasteiger partial charge in [-0.25, -0.2) is 13.4 Å². The molecular weight excluding hydrogens is 270 g/mol. The van der Waals surface area contributed by atoms with Crippen molar-refractivity contribution in [3.8, 4) is 0 Å². The number of aryl methyl sites for hydroxylation is 2. The van der Waals surface area contributed by atoms with Crippen LogP contribution in [0.1, 0.15) is 25.1 Å². The van der Waals surface area contributed by atoms with Gasteiger partial charge < -0.3 is 9.67 Å². The molecular formula is C11H17N3O4S. The van der Waals surface area contributed by atoms with Crippen LogP contribution in [-0.4, -0.2) is 45.9 Å². The first kappa shape index (κ1) is 14.0. The molecule has 1 fully saturated rings. The second-order valence-electron chi connectivity index (χ2n) is 4.73. The highest BCUT2D eigenvalue weighted by atomic mass is 32.2. The molecule has 19 heavy (non-hydrogen) atoms. The zero-order chi connectivity index (χ0) is 14.2. The zero-order valence-corrected chi connectivity index (χ0v) is 11.7. The van der Waals surface area contributed by atoms with Crippen LogP contribution in [0.3, 0.4) is 0 Å². The maximum atomic E-state index is 12.4. The third kappa shape index (κ3) is 2.95. The van der Waals surface area contributed by atoms with Gasteiger partial charge in [-0.3, -0.25) is 4.79 Å². The van der Waals surface area contributed by atoms with Crippen molar-refractivity contribution in [2.75, 3.05) is 6.54 Å². The van der Waals surface area contributed by atoms with Gasteiger partial charge in [0.05, 0.1) is 6.42 Å². The minimum atomic E-state index is -3.70. The maximum Gasteiger partial charge on any atom is 0.304 e. The quantitative estimate of drug-likeness (QED) is 0.815. The predicted octanol–water partition coefficient (Wildman–Crippen LogP) is 0.356. The SMILES string of the molecule is Cc1nc(S(=O)(=O)N(CCC(=O)O)C2CC2)cn1C. The lowest BCUT2D eigenvalue weighted by molar-refractivity contribution is -0.137. The van der Waals surface area contributed by atoms with E-state index in [1.807, 2.05) is 0 Å². The van der Waals surface area contributed by atoms with Crippen molar-refractivity contribution in [2.24, 2.45) is 7.05 Å². The van der Waals surface area contributed by atoms with E-state index < -0.39 is 16.0 Å². The smallest absolute Gasteiger partial charge is 0.304 e. The summed E-state index contributed by atoms with van der Waals surface area (Å²) in [5, 5.41) is 8.70. The van der Waals surface area contributed by atoms with Crippen LogP contribution in [0.5, 0.6) is 0 Å². The molecule has 0 radical (unpaired) electrons. The summed E-state index contributed by atoms with van der Waals surface area (Å²) >= 11 is 0. The summed E-state index contributed by atoms with van der Waals surface area (Å²) in [6, 6.07) is -0.0772. The largest absolute Gasteiger partial charge is 0.481 e. The van der Waals surface area contributed by atoms with Crippen molar-refractivity contribution in [1.29, 1.82) is 0 Å². The monoisotopic (exact) mass is 287 g/mol. The molecule has 106 valence electrons. The van der Waals surface area contributed by atoms with Gasteiger partial charge in [0, 0.05) is 25.8 Å². The molecule has 0 unspecified atom stereocenters. The van der Waals surface area contributed by atoms with Crippen molar-refractivity contribution in [2.45, 2.75) is 37.3 Å². The zero-order valence-electron chi connectivity index (χ0n) is 10.9. The number of carboxylic acid groups (broad SMARTS) is 1. The van der Waals surface area contributed by atoms with E-state index in [-0.39, 0.29) is 24.0 Å². The molecule has 1 aromatic rings. The van der Waals surface area contributed by atoms with Gasteiger partial charge in [-0.05, 0) is 19.8 Å².